The van der Waals surface area contributed by atoms with E-state index in [-0.39, 0.29) is 0 Å². The Labute approximate surface area is 290 Å². The van der Waals surface area contributed by atoms with Crippen LogP contribution in [0.1, 0.15) is 22.8 Å². The van der Waals surface area contributed by atoms with E-state index in [9.17, 15) is 0 Å². The fourth-order valence-corrected chi connectivity index (χ4v) is 18.4. The zero-order chi connectivity index (χ0) is 32.9. The summed E-state index contributed by atoms with van der Waals surface area (Å²) in [5.74, 6) is 0. The van der Waals surface area contributed by atoms with Gasteiger partial charge in [-0.1, -0.05) is 0 Å². The number of benzene rings is 4. The van der Waals surface area contributed by atoms with E-state index in [1.54, 1.807) is 0 Å². The van der Waals surface area contributed by atoms with E-state index >= 15 is 0 Å². The average molecular weight is 710 g/mol. The quantitative estimate of drug-likeness (QED) is 0.194. The van der Waals surface area contributed by atoms with Gasteiger partial charge >= 0.3 is 155 Å². The zero-order valence-electron chi connectivity index (χ0n) is 26.9. The summed E-state index contributed by atoms with van der Waals surface area (Å²) in [5.41, 5.74) is 7.86. The molecular weight excluding hydrogens is 676 g/mol. The van der Waals surface area contributed by atoms with Gasteiger partial charge in [-0.3, -0.25) is 0 Å². The van der Waals surface area contributed by atoms with Crippen LogP contribution < -0.4 is 13.1 Å². The topological polar surface area (TPSA) is 57.4 Å². The molecule has 7 aromatic rings. The van der Waals surface area contributed by atoms with Crippen molar-refractivity contribution >= 4 is 59.5 Å². The van der Waals surface area contributed by atoms with Gasteiger partial charge in [0.15, 0.2) is 0 Å². The fraction of sp³-hybridized carbons (Fsp3) is 0. The first-order chi connectivity index (χ1) is 24.2. The maximum absolute atomic E-state index is 4.63. The number of H-pyrrole nitrogens is 2. The van der Waals surface area contributed by atoms with Crippen LogP contribution in [0, 0.1) is 0 Å². The molecule has 0 spiro atoms. The molecule has 0 radical (unpaired) electrons. The maximum atomic E-state index is 4.63. The van der Waals surface area contributed by atoms with Crippen molar-refractivity contribution in [1.82, 2.24) is 19.9 Å². The average Bonchev–Trinajstić information content (AvgIpc) is 3.98. The Bertz CT molecular complexity index is 2090. The standard InChI is InChI=1S/C20H14N4.4C6H5.Zr/c1-2-14-10-16-5-6-18(23-16)12-20-8-7-19(24-20)11-17-4-3-15(22-17)9-13(1)21-14;4*1-2-4-6-5-3-1;/h1-12,21,24H;4*1-5H;. The van der Waals surface area contributed by atoms with E-state index < -0.39 is 20.3 Å². The summed E-state index contributed by atoms with van der Waals surface area (Å²) in [6.07, 6.45) is 8.09. The van der Waals surface area contributed by atoms with Crippen LogP contribution in [-0.4, -0.2) is 19.9 Å². The van der Waals surface area contributed by atoms with Crippen molar-refractivity contribution in [3.8, 4) is 0 Å². The molecule has 49 heavy (non-hydrogen) atoms. The summed E-state index contributed by atoms with van der Waals surface area (Å²) in [4.78, 5) is 16.0. The summed E-state index contributed by atoms with van der Waals surface area (Å²) in [5, 5.41) is 0. The van der Waals surface area contributed by atoms with Gasteiger partial charge in [0, 0.05) is 22.1 Å². The van der Waals surface area contributed by atoms with Crippen molar-refractivity contribution < 1.29 is 20.3 Å². The third kappa shape index (κ3) is 6.59. The van der Waals surface area contributed by atoms with E-state index in [4.69, 9.17) is 0 Å². The van der Waals surface area contributed by atoms with Crippen molar-refractivity contribution in [2.45, 2.75) is 0 Å². The van der Waals surface area contributed by atoms with Gasteiger partial charge < -0.3 is 9.97 Å². The first kappa shape index (κ1) is 30.7. The molecule has 4 nitrogen and oxygen atoms in total. The molecule has 2 aliphatic heterocycles. The summed E-state index contributed by atoms with van der Waals surface area (Å²) < 4.78 is 5.95. The Balaban J connectivity index is 0.000000142. The van der Waals surface area contributed by atoms with E-state index in [0.29, 0.717) is 0 Å². The molecule has 5 heteroatoms. The van der Waals surface area contributed by atoms with Crippen molar-refractivity contribution in [2.75, 3.05) is 0 Å². The minimum atomic E-state index is -3.31. The van der Waals surface area contributed by atoms with Gasteiger partial charge in [-0.25, -0.2) is 9.97 Å². The summed E-state index contributed by atoms with van der Waals surface area (Å²) in [7, 11) is 0. The zero-order valence-corrected chi connectivity index (χ0v) is 29.3. The normalized spacial score (nSPS) is 11.9. The third-order valence-corrected chi connectivity index (χ3v) is 20.7. The molecule has 0 aliphatic carbocycles. The van der Waals surface area contributed by atoms with Gasteiger partial charge in [0.25, 0.3) is 0 Å². The number of hydrogen-bond donors (Lipinski definition) is 2. The molecule has 234 valence electrons. The van der Waals surface area contributed by atoms with Crippen LogP contribution in [-0.2, 0) is 20.3 Å². The van der Waals surface area contributed by atoms with Crippen LogP contribution in [0.25, 0.3) is 46.4 Å². The molecular formula is C44H34N4Zr. The van der Waals surface area contributed by atoms with Crippen molar-refractivity contribution in [3.05, 3.63) is 193 Å². The molecule has 0 fully saturated rings. The van der Waals surface area contributed by atoms with E-state index in [2.05, 4.69) is 166 Å². The Morgan fingerprint density at radius 3 is 0.796 bits per heavy atom. The number of hydrogen-bond acceptors (Lipinski definition) is 2. The second kappa shape index (κ2) is 13.8. The molecule has 0 atom stereocenters. The molecule has 0 unspecified atom stereocenters. The number of nitrogens with zero attached hydrogens (tertiary/aromatic N) is 2. The van der Waals surface area contributed by atoms with Crippen LogP contribution >= 0.6 is 0 Å². The van der Waals surface area contributed by atoms with Gasteiger partial charge in [-0.05, 0) is 72.8 Å². The number of rotatable bonds is 4. The number of fused-ring (bicyclic) bond motifs is 8. The molecule has 8 bridgehead atoms. The summed E-state index contributed by atoms with van der Waals surface area (Å²) >= 11 is -3.31. The molecule has 4 aromatic carbocycles. The predicted molar refractivity (Wildman–Crippen MR) is 203 cm³/mol. The second-order valence-corrected chi connectivity index (χ2v) is 21.5. The fourth-order valence-electron chi connectivity index (χ4n) is 6.70. The molecule has 0 amide bonds. The van der Waals surface area contributed by atoms with Gasteiger partial charge in [0.05, 0.1) is 22.8 Å². The van der Waals surface area contributed by atoms with Crippen LogP contribution in [0.2, 0.25) is 0 Å². The summed E-state index contributed by atoms with van der Waals surface area (Å²) in [6, 6.07) is 60.8. The van der Waals surface area contributed by atoms with E-state index in [1.807, 2.05) is 48.6 Å². The third-order valence-electron chi connectivity index (χ3n) is 8.87. The summed E-state index contributed by atoms with van der Waals surface area (Å²) in [6.45, 7) is 0. The molecule has 2 aliphatic rings. The molecule has 0 saturated heterocycles. The Morgan fingerprint density at radius 1 is 0.306 bits per heavy atom. The Morgan fingerprint density at radius 2 is 0.551 bits per heavy atom. The van der Waals surface area contributed by atoms with E-state index in [1.165, 1.54) is 13.1 Å². The monoisotopic (exact) mass is 708 g/mol. The Hall–Kier alpha value is -5.64. The van der Waals surface area contributed by atoms with Crippen LogP contribution in [0.3, 0.4) is 0 Å². The minimum absolute atomic E-state index is 0.939. The second-order valence-electron chi connectivity index (χ2n) is 12.1. The molecule has 5 heterocycles. The van der Waals surface area contributed by atoms with Crippen LogP contribution in [0.4, 0.5) is 0 Å². The van der Waals surface area contributed by atoms with Gasteiger partial charge in [-0.15, -0.1) is 0 Å². The molecule has 3 aromatic heterocycles. The molecule has 0 saturated carbocycles. The van der Waals surface area contributed by atoms with Crippen molar-refractivity contribution in [1.29, 1.82) is 0 Å². The van der Waals surface area contributed by atoms with Crippen molar-refractivity contribution in [3.63, 3.8) is 0 Å². The first-order valence-corrected chi connectivity index (χ1v) is 21.4. The SMILES string of the molecule is C1=Cc2cc3ccc(cc4nc(cc5ccc(cc1n2)[nH]5)C=C4)[nH]3.c1cc[c]([Zr]([c]2ccccc2)([c]2ccccc2)[c]2ccccc2)cc1. The van der Waals surface area contributed by atoms with Crippen LogP contribution in [0.5, 0.6) is 0 Å². The predicted octanol–water partition coefficient (Wildman–Crippen LogP) is 8.10. The molecule has 9 rings (SSSR count). The van der Waals surface area contributed by atoms with Gasteiger partial charge in [-0.2, -0.15) is 0 Å². The molecule has 2 N–H and O–H groups in total. The number of nitrogens with one attached hydrogen (secondary N) is 2. The Kier molecular flexibility index (Phi) is 8.67. The van der Waals surface area contributed by atoms with Gasteiger partial charge in [0.1, 0.15) is 0 Å². The number of aromatic nitrogens is 4. The number of aromatic amines is 2. The van der Waals surface area contributed by atoms with Gasteiger partial charge in [0.2, 0.25) is 0 Å². The van der Waals surface area contributed by atoms with Crippen molar-refractivity contribution in [2.24, 2.45) is 0 Å². The van der Waals surface area contributed by atoms with Crippen LogP contribution in [0.15, 0.2) is 170 Å². The first-order valence-electron chi connectivity index (χ1n) is 16.5. The van der Waals surface area contributed by atoms with E-state index in [0.717, 1.165) is 44.8 Å².